The molecule has 1 aromatic rings. The van der Waals surface area contributed by atoms with Crippen LogP contribution >= 0.6 is 27.5 Å². The lowest BCUT2D eigenvalue weighted by molar-refractivity contribution is -0.158. The number of piperidine rings is 1. The monoisotopic (exact) mass is 460 g/mol. The summed E-state index contributed by atoms with van der Waals surface area (Å²) in [6.45, 7) is 8.46. The summed E-state index contributed by atoms with van der Waals surface area (Å²) in [6, 6.07) is 3.66. The second-order valence-corrected chi connectivity index (χ2v) is 8.93. The van der Waals surface area contributed by atoms with E-state index in [1.807, 2.05) is 32.9 Å². The molecule has 0 N–H and O–H groups in total. The van der Waals surface area contributed by atoms with Crippen molar-refractivity contribution in [2.24, 2.45) is 5.41 Å². The Balaban J connectivity index is 2.15. The molecule has 0 spiro atoms. The van der Waals surface area contributed by atoms with Crippen molar-refractivity contribution in [3.63, 3.8) is 0 Å². The number of hydrogen-bond acceptors (Lipinski definition) is 5. The summed E-state index contributed by atoms with van der Waals surface area (Å²) < 4.78 is 11.5. The zero-order valence-electron chi connectivity index (χ0n) is 16.2. The fraction of sp³-hybridized carbons (Fsp3) is 0.632. The molecular formula is C19H26BrClN2O4. The highest BCUT2D eigenvalue weighted by atomic mass is 79.9. The Bertz CT molecular complexity index is 697. The lowest BCUT2D eigenvalue weighted by atomic mass is 9.74. The highest BCUT2D eigenvalue weighted by Crippen LogP contribution is 2.37. The molecule has 1 aromatic heterocycles. The van der Waals surface area contributed by atoms with Gasteiger partial charge in [-0.2, -0.15) is 0 Å². The molecule has 27 heavy (non-hydrogen) atoms. The van der Waals surface area contributed by atoms with Gasteiger partial charge in [-0.3, -0.25) is 4.79 Å². The molecule has 2 rings (SSSR count). The van der Waals surface area contributed by atoms with Gasteiger partial charge in [0, 0.05) is 25.2 Å². The zero-order chi connectivity index (χ0) is 20.2. The molecule has 0 atom stereocenters. The summed E-state index contributed by atoms with van der Waals surface area (Å²) in [6.07, 6.45) is 1.03. The van der Waals surface area contributed by atoms with Gasteiger partial charge in [0.25, 0.3) is 0 Å². The largest absolute Gasteiger partial charge is 0.466 e. The minimum absolute atomic E-state index is 0.255. The molecule has 2 heterocycles. The summed E-state index contributed by atoms with van der Waals surface area (Å²) in [4.78, 5) is 31.1. The van der Waals surface area contributed by atoms with Gasteiger partial charge in [-0.05, 0) is 68.6 Å². The van der Waals surface area contributed by atoms with E-state index >= 15 is 0 Å². The molecule has 150 valence electrons. The van der Waals surface area contributed by atoms with E-state index in [0.29, 0.717) is 48.6 Å². The number of aromatic nitrogens is 1. The molecule has 1 saturated heterocycles. The summed E-state index contributed by atoms with van der Waals surface area (Å²) in [5.74, 6) is -0.255. The van der Waals surface area contributed by atoms with E-state index in [0.717, 1.165) is 5.69 Å². The number of amides is 1. The maximum absolute atomic E-state index is 12.8. The minimum Gasteiger partial charge on any atom is -0.466 e. The first-order chi connectivity index (χ1) is 12.6. The predicted octanol–water partition coefficient (Wildman–Crippen LogP) is 4.62. The molecule has 1 aliphatic heterocycles. The lowest BCUT2D eigenvalue weighted by Gasteiger charge is -2.40. The van der Waals surface area contributed by atoms with Gasteiger partial charge in [-0.25, -0.2) is 9.78 Å². The van der Waals surface area contributed by atoms with Gasteiger partial charge in [0.15, 0.2) is 0 Å². The Morgan fingerprint density at radius 3 is 2.44 bits per heavy atom. The van der Waals surface area contributed by atoms with E-state index in [-0.39, 0.29) is 12.1 Å². The van der Waals surface area contributed by atoms with E-state index in [9.17, 15) is 9.59 Å². The maximum atomic E-state index is 12.8. The molecule has 0 aliphatic carbocycles. The number of ether oxygens (including phenoxy) is 2. The van der Waals surface area contributed by atoms with Crippen molar-refractivity contribution in [2.75, 3.05) is 19.7 Å². The van der Waals surface area contributed by atoms with Gasteiger partial charge in [0.1, 0.15) is 10.8 Å². The molecule has 0 saturated carbocycles. The highest BCUT2D eigenvalue weighted by molar-refractivity contribution is 9.10. The number of hydrogen-bond donors (Lipinski definition) is 0. The summed E-state index contributed by atoms with van der Waals surface area (Å²) >= 11 is 9.43. The van der Waals surface area contributed by atoms with Crippen LogP contribution in [0.4, 0.5) is 4.79 Å². The molecule has 1 amide bonds. The topological polar surface area (TPSA) is 68.7 Å². The Hall–Kier alpha value is -1.34. The molecule has 0 aromatic carbocycles. The molecule has 1 fully saturated rings. The number of esters is 1. The Morgan fingerprint density at radius 2 is 1.93 bits per heavy atom. The standard InChI is InChI=1S/C19H26BrClN2O4/c1-5-26-16(24)19(12-13-6-7-14(20)15(21)22-13)8-10-23(11-9-19)17(25)27-18(2,3)4/h6-7H,5,8-12H2,1-4H3. The molecular weight excluding hydrogens is 436 g/mol. The third-order valence-electron chi connectivity index (χ3n) is 4.46. The number of carbonyl (C=O) groups excluding carboxylic acids is 2. The van der Waals surface area contributed by atoms with Gasteiger partial charge < -0.3 is 14.4 Å². The second-order valence-electron chi connectivity index (χ2n) is 7.72. The predicted molar refractivity (Wildman–Crippen MR) is 107 cm³/mol. The van der Waals surface area contributed by atoms with E-state index in [4.69, 9.17) is 21.1 Å². The first-order valence-corrected chi connectivity index (χ1v) is 10.2. The van der Waals surface area contributed by atoms with Crippen molar-refractivity contribution in [3.05, 3.63) is 27.5 Å². The van der Waals surface area contributed by atoms with Crippen molar-refractivity contribution >= 4 is 39.6 Å². The molecule has 6 nitrogen and oxygen atoms in total. The fourth-order valence-electron chi connectivity index (χ4n) is 3.08. The fourth-order valence-corrected chi connectivity index (χ4v) is 3.47. The second kappa shape index (κ2) is 8.78. The van der Waals surface area contributed by atoms with Crippen LogP contribution in [0.15, 0.2) is 16.6 Å². The zero-order valence-corrected chi connectivity index (χ0v) is 18.5. The van der Waals surface area contributed by atoms with E-state index in [2.05, 4.69) is 20.9 Å². The van der Waals surface area contributed by atoms with Crippen molar-refractivity contribution < 1.29 is 19.1 Å². The van der Waals surface area contributed by atoms with Crippen LogP contribution in [0.1, 0.15) is 46.2 Å². The average molecular weight is 462 g/mol. The molecule has 1 aliphatic rings. The van der Waals surface area contributed by atoms with Crippen molar-refractivity contribution in [1.82, 2.24) is 9.88 Å². The highest BCUT2D eigenvalue weighted by Gasteiger charge is 2.44. The van der Waals surface area contributed by atoms with Crippen molar-refractivity contribution in [2.45, 2.75) is 52.6 Å². The van der Waals surface area contributed by atoms with Crippen LogP contribution in [-0.2, 0) is 20.7 Å². The number of pyridine rings is 1. The Kier molecular flexibility index (Phi) is 7.14. The third kappa shape index (κ3) is 5.82. The van der Waals surface area contributed by atoms with Gasteiger partial charge in [-0.1, -0.05) is 11.6 Å². The average Bonchev–Trinajstić information content (AvgIpc) is 2.57. The minimum atomic E-state index is -0.724. The Morgan fingerprint density at radius 1 is 1.30 bits per heavy atom. The summed E-state index contributed by atoms with van der Waals surface area (Å²) in [5, 5.41) is 0.359. The van der Waals surface area contributed by atoms with Gasteiger partial charge >= 0.3 is 12.1 Å². The van der Waals surface area contributed by atoms with Crippen LogP contribution < -0.4 is 0 Å². The number of halogens is 2. The van der Waals surface area contributed by atoms with Crippen molar-refractivity contribution in [3.8, 4) is 0 Å². The van der Waals surface area contributed by atoms with E-state index in [1.54, 1.807) is 11.8 Å². The number of rotatable bonds is 4. The van der Waals surface area contributed by atoms with Gasteiger partial charge in [0.05, 0.1) is 16.5 Å². The van der Waals surface area contributed by atoms with Crippen LogP contribution in [0.25, 0.3) is 0 Å². The molecule has 0 unspecified atom stereocenters. The van der Waals surface area contributed by atoms with Gasteiger partial charge in [-0.15, -0.1) is 0 Å². The smallest absolute Gasteiger partial charge is 0.410 e. The third-order valence-corrected chi connectivity index (χ3v) is 5.62. The first kappa shape index (κ1) is 22.0. The van der Waals surface area contributed by atoms with Crippen LogP contribution in [0.2, 0.25) is 5.15 Å². The van der Waals surface area contributed by atoms with Crippen LogP contribution in [0.3, 0.4) is 0 Å². The number of carbonyl (C=O) groups is 2. The molecule has 8 heteroatoms. The quantitative estimate of drug-likeness (QED) is 0.483. The van der Waals surface area contributed by atoms with Crippen molar-refractivity contribution in [1.29, 1.82) is 0 Å². The van der Waals surface area contributed by atoms with Gasteiger partial charge in [0.2, 0.25) is 0 Å². The molecule has 0 bridgehead atoms. The van der Waals surface area contributed by atoms with E-state index in [1.165, 1.54) is 0 Å². The van der Waals surface area contributed by atoms with E-state index < -0.39 is 11.0 Å². The summed E-state index contributed by atoms with van der Waals surface area (Å²) in [7, 11) is 0. The SMILES string of the molecule is CCOC(=O)C1(Cc2ccc(Br)c(Cl)n2)CCN(C(=O)OC(C)(C)C)CC1. The number of nitrogens with zero attached hydrogens (tertiary/aromatic N) is 2. The van der Waals surface area contributed by atoms with Crippen LogP contribution in [-0.4, -0.2) is 47.2 Å². The normalized spacial score (nSPS) is 16.7. The first-order valence-electron chi connectivity index (χ1n) is 9.02. The lowest BCUT2D eigenvalue weighted by Crippen LogP contribution is -2.49. The van der Waals surface area contributed by atoms with Crippen LogP contribution in [0.5, 0.6) is 0 Å². The van der Waals surface area contributed by atoms with Crippen LogP contribution in [0, 0.1) is 5.41 Å². The maximum Gasteiger partial charge on any atom is 0.410 e. The Labute approximate surface area is 173 Å². The number of likely N-dealkylation sites (tertiary alicyclic amines) is 1. The summed E-state index contributed by atoms with van der Waals surface area (Å²) in [5.41, 5.74) is -0.550. The molecule has 0 radical (unpaired) electrons.